The number of methoxy groups -OCH3 is 1. The maximum Gasteiger partial charge on any atom is 0.328 e. The van der Waals surface area contributed by atoms with E-state index in [1.54, 1.807) is 0 Å². The average Bonchev–Trinajstić information content (AvgIpc) is 2.94. The molecule has 0 spiro atoms. The molecule has 0 saturated carbocycles. The fourth-order valence-electron chi connectivity index (χ4n) is 5.18. The van der Waals surface area contributed by atoms with Gasteiger partial charge in [0.15, 0.2) is 0 Å². The fraction of sp³-hybridized carbons (Fsp3) is 0.0938. The van der Waals surface area contributed by atoms with Crippen LogP contribution >= 0.6 is 0 Å². The molecule has 0 radical (unpaired) electrons. The van der Waals surface area contributed by atoms with E-state index < -0.39 is 12.0 Å². The van der Waals surface area contributed by atoms with Crippen molar-refractivity contribution in [3.05, 3.63) is 114 Å². The van der Waals surface area contributed by atoms with Gasteiger partial charge in [-0.05, 0) is 45.3 Å². The molecule has 6 aromatic rings. The second-order valence-corrected chi connectivity index (χ2v) is 9.07. The lowest BCUT2D eigenvalue weighted by atomic mass is 9.92. The van der Waals surface area contributed by atoms with Gasteiger partial charge in [-0.15, -0.1) is 0 Å². The Morgan fingerprint density at radius 1 is 0.730 bits per heavy atom. The summed E-state index contributed by atoms with van der Waals surface area (Å²) < 4.78 is 5.15. The molecule has 1 N–H and O–H groups in total. The molecular weight excluding hydrogens is 460 g/mol. The van der Waals surface area contributed by atoms with Gasteiger partial charge < -0.3 is 10.1 Å². The quantitative estimate of drug-likeness (QED) is 0.233. The highest BCUT2D eigenvalue weighted by molar-refractivity contribution is 6.16. The molecule has 0 aliphatic heterocycles. The minimum absolute atomic E-state index is 0.293. The molecule has 1 atom stereocenters. The number of carbonyl (C=O) groups is 2. The lowest BCUT2D eigenvalue weighted by Gasteiger charge is -2.20. The number of nitrogens with one attached hydrogen (secondary N) is 1. The van der Waals surface area contributed by atoms with Crippen LogP contribution in [0.1, 0.15) is 15.9 Å². The summed E-state index contributed by atoms with van der Waals surface area (Å²) >= 11 is 0. The predicted octanol–water partition coefficient (Wildman–Crippen LogP) is 6.21. The van der Waals surface area contributed by atoms with Gasteiger partial charge in [-0.25, -0.2) is 9.78 Å². The molecule has 1 aromatic heterocycles. The number of rotatable bonds is 5. The fourth-order valence-corrected chi connectivity index (χ4v) is 5.18. The molecule has 1 heterocycles. The number of fused-ring (bicyclic) bond motifs is 4. The Hall–Kier alpha value is -4.77. The minimum Gasteiger partial charge on any atom is -0.467 e. The summed E-state index contributed by atoms with van der Waals surface area (Å²) in [6.45, 7) is 0. The first-order valence-corrected chi connectivity index (χ1v) is 12.2. The van der Waals surface area contributed by atoms with Crippen molar-refractivity contribution in [2.45, 2.75) is 12.5 Å². The Balaban J connectivity index is 1.47. The van der Waals surface area contributed by atoms with Gasteiger partial charge in [-0.1, -0.05) is 84.9 Å². The molecule has 0 saturated heterocycles. The Morgan fingerprint density at radius 2 is 1.22 bits per heavy atom. The third-order valence-electron chi connectivity index (χ3n) is 6.90. The minimum atomic E-state index is -0.877. The summed E-state index contributed by atoms with van der Waals surface area (Å²) in [5, 5.41) is 8.73. The van der Waals surface area contributed by atoms with Gasteiger partial charge in [-0.3, -0.25) is 4.79 Å². The Bertz CT molecular complexity index is 1720. The first-order valence-electron chi connectivity index (χ1n) is 12.2. The van der Waals surface area contributed by atoms with Crippen LogP contribution in [-0.2, 0) is 16.0 Å². The zero-order valence-corrected chi connectivity index (χ0v) is 20.3. The number of esters is 1. The number of hydrogen-bond acceptors (Lipinski definition) is 4. The standard InChI is InChI=1S/C32H24N2O3/c1-37-32(36)29(19-26-22-12-4-2-10-20(22)18-21-11-3-5-13-23(21)26)34-31(35)30-24-14-6-8-16-27(24)33-28-17-9-7-15-25(28)30/h2-18,29H,19H2,1H3,(H,34,35)/t29-/m1/s1. The molecule has 0 bridgehead atoms. The van der Waals surface area contributed by atoms with E-state index in [0.717, 1.165) is 48.9 Å². The molecule has 6 rings (SSSR count). The summed E-state index contributed by atoms with van der Waals surface area (Å²) in [7, 11) is 1.35. The number of pyridine rings is 1. The topological polar surface area (TPSA) is 68.3 Å². The summed E-state index contributed by atoms with van der Waals surface area (Å²) in [5.74, 6) is -0.831. The van der Waals surface area contributed by atoms with Gasteiger partial charge >= 0.3 is 5.97 Å². The number of hydrogen-bond donors (Lipinski definition) is 1. The molecule has 5 nitrogen and oxygen atoms in total. The van der Waals surface area contributed by atoms with E-state index in [0.29, 0.717) is 12.0 Å². The molecule has 37 heavy (non-hydrogen) atoms. The maximum absolute atomic E-state index is 13.9. The van der Waals surface area contributed by atoms with Crippen LogP contribution in [0.25, 0.3) is 43.4 Å². The van der Waals surface area contributed by atoms with Gasteiger partial charge in [0.1, 0.15) is 6.04 Å². The van der Waals surface area contributed by atoms with E-state index in [1.807, 2.05) is 72.8 Å². The predicted molar refractivity (Wildman–Crippen MR) is 148 cm³/mol. The van der Waals surface area contributed by atoms with Crippen molar-refractivity contribution in [3.63, 3.8) is 0 Å². The van der Waals surface area contributed by atoms with Gasteiger partial charge in [0, 0.05) is 17.2 Å². The molecule has 0 aliphatic carbocycles. The van der Waals surface area contributed by atoms with Crippen LogP contribution in [0, 0.1) is 0 Å². The molecule has 5 heteroatoms. The van der Waals surface area contributed by atoms with Gasteiger partial charge in [0.25, 0.3) is 5.91 Å². The molecular formula is C32H24N2O3. The normalized spacial score (nSPS) is 12.1. The van der Waals surface area contributed by atoms with Crippen molar-refractivity contribution in [3.8, 4) is 0 Å². The molecule has 0 unspecified atom stereocenters. The van der Waals surface area contributed by atoms with Gasteiger partial charge in [0.2, 0.25) is 0 Å². The monoisotopic (exact) mass is 484 g/mol. The first-order chi connectivity index (χ1) is 18.1. The van der Waals surface area contributed by atoms with Crippen molar-refractivity contribution >= 4 is 55.2 Å². The molecule has 0 aliphatic rings. The van der Waals surface area contributed by atoms with Crippen LogP contribution in [0.3, 0.4) is 0 Å². The SMILES string of the molecule is COC(=O)[C@@H](Cc1c2ccccc2cc2ccccc12)NC(=O)c1c2ccccc2nc2ccccc12. The number of amides is 1. The van der Waals surface area contributed by atoms with Crippen LogP contribution in [-0.4, -0.2) is 30.0 Å². The largest absolute Gasteiger partial charge is 0.467 e. The number of ether oxygens (including phenoxy) is 1. The van der Waals surface area contributed by atoms with Crippen LogP contribution < -0.4 is 5.32 Å². The first kappa shape index (κ1) is 22.7. The summed E-state index contributed by atoms with van der Waals surface area (Å²) in [4.78, 5) is 31.6. The number of aromatic nitrogens is 1. The molecule has 1 amide bonds. The second kappa shape index (κ2) is 9.36. The second-order valence-electron chi connectivity index (χ2n) is 9.07. The summed E-state index contributed by atoms with van der Waals surface area (Å²) in [6.07, 6.45) is 0.293. The van der Waals surface area contributed by atoms with Crippen molar-refractivity contribution in [1.29, 1.82) is 0 Å². The van der Waals surface area contributed by atoms with Crippen molar-refractivity contribution in [2.75, 3.05) is 7.11 Å². The molecule has 180 valence electrons. The number of benzene rings is 5. The van der Waals surface area contributed by atoms with Crippen LogP contribution in [0.15, 0.2) is 103 Å². The third kappa shape index (κ3) is 4.04. The number of nitrogens with zero attached hydrogens (tertiary/aromatic N) is 1. The van der Waals surface area contributed by atoms with Crippen molar-refractivity contribution in [2.24, 2.45) is 0 Å². The third-order valence-corrected chi connectivity index (χ3v) is 6.90. The summed E-state index contributed by atoms with van der Waals surface area (Å²) in [6, 6.07) is 32.6. The Morgan fingerprint density at radius 3 is 1.76 bits per heavy atom. The maximum atomic E-state index is 13.9. The van der Waals surface area contributed by atoms with Crippen molar-refractivity contribution < 1.29 is 14.3 Å². The van der Waals surface area contributed by atoms with E-state index in [2.05, 4.69) is 35.6 Å². The van der Waals surface area contributed by atoms with Crippen LogP contribution in [0.2, 0.25) is 0 Å². The van der Waals surface area contributed by atoms with E-state index in [9.17, 15) is 9.59 Å². The van der Waals surface area contributed by atoms with Gasteiger partial charge in [-0.2, -0.15) is 0 Å². The zero-order valence-electron chi connectivity index (χ0n) is 20.3. The number of carbonyl (C=O) groups excluding carboxylic acids is 2. The average molecular weight is 485 g/mol. The zero-order chi connectivity index (χ0) is 25.4. The highest BCUT2D eigenvalue weighted by Gasteiger charge is 2.26. The molecule has 0 fully saturated rings. The highest BCUT2D eigenvalue weighted by atomic mass is 16.5. The number of para-hydroxylation sites is 2. The Labute approximate surface area is 213 Å². The Kier molecular flexibility index (Phi) is 5.73. The van der Waals surface area contributed by atoms with Crippen molar-refractivity contribution in [1.82, 2.24) is 10.3 Å². The van der Waals surface area contributed by atoms with Crippen LogP contribution in [0.4, 0.5) is 0 Å². The highest BCUT2D eigenvalue weighted by Crippen LogP contribution is 2.30. The lowest BCUT2D eigenvalue weighted by molar-refractivity contribution is -0.142. The summed E-state index contributed by atoms with van der Waals surface area (Å²) in [5.41, 5.74) is 2.94. The van der Waals surface area contributed by atoms with Gasteiger partial charge in [0.05, 0.1) is 23.7 Å². The van der Waals surface area contributed by atoms with E-state index in [4.69, 9.17) is 9.72 Å². The van der Waals surface area contributed by atoms with Crippen LogP contribution in [0.5, 0.6) is 0 Å². The van der Waals surface area contributed by atoms with E-state index >= 15 is 0 Å². The lowest BCUT2D eigenvalue weighted by Crippen LogP contribution is -2.43. The molecule has 5 aromatic carbocycles. The smallest absolute Gasteiger partial charge is 0.328 e. The van der Waals surface area contributed by atoms with E-state index in [1.165, 1.54) is 7.11 Å². The van der Waals surface area contributed by atoms with E-state index in [-0.39, 0.29) is 5.91 Å².